The van der Waals surface area contributed by atoms with Crippen molar-refractivity contribution in [3.63, 3.8) is 0 Å². The van der Waals surface area contributed by atoms with E-state index in [0.717, 1.165) is 16.3 Å². The fraction of sp³-hybridized carbons (Fsp3) is 0.462. The van der Waals surface area contributed by atoms with Gasteiger partial charge in [0, 0.05) is 13.2 Å². The van der Waals surface area contributed by atoms with Crippen LogP contribution >= 0.6 is 11.3 Å². The van der Waals surface area contributed by atoms with Gasteiger partial charge in [-0.05, 0) is 19.1 Å². The van der Waals surface area contributed by atoms with Crippen LogP contribution in [-0.4, -0.2) is 25.3 Å². The maximum Gasteiger partial charge on any atom is 0.121 e. The molecule has 0 radical (unpaired) electrons. The van der Waals surface area contributed by atoms with E-state index in [1.807, 2.05) is 39.0 Å². The third-order valence-corrected chi connectivity index (χ3v) is 2.97. The Kier molecular flexibility index (Phi) is 5.94. The summed E-state index contributed by atoms with van der Waals surface area (Å²) in [5.41, 5.74) is 1.01. The van der Waals surface area contributed by atoms with Gasteiger partial charge in [0.05, 0.1) is 21.8 Å². The average Bonchev–Trinajstić information content (AvgIpc) is 2.71. The smallest absolute Gasteiger partial charge is 0.121 e. The first kappa shape index (κ1) is 13.9. The summed E-state index contributed by atoms with van der Waals surface area (Å²) < 4.78 is 11.6. The molecule has 0 aliphatic carbocycles. The lowest BCUT2D eigenvalue weighted by Crippen LogP contribution is -2.03. The Labute approximate surface area is 106 Å². The van der Waals surface area contributed by atoms with Gasteiger partial charge in [0.2, 0.25) is 0 Å². The summed E-state index contributed by atoms with van der Waals surface area (Å²) in [7, 11) is 1.66. The van der Waals surface area contributed by atoms with Crippen LogP contribution in [-0.2, 0) is 4.74 Å². The van der Waals surface area contributed by atoms with Crippen LogP contribution in [0.15, 0.2) is 18.2 Å². The fourth-order valence-electron chi connectivity index (χ4n) is 1.36. The second-order valence-corrected chi connectivity index (χ2v) is 4.44. The maximum atomic E-state index is 5.50. The lowest BCUT2D eigenvalue weighted by Gasteiger charge is -2.04. The number of aromatic nitrogens is 1. The molecular weight excluding hydrogens is 234 g/mol. The van der Waals surface area contributed by atoms with E-state index in [-0.39, 0.29) is 0 Å². The molecule has 1 aromatic carbocycles. The number of rotatable bonds is 4. The van der Waals surface area contributed by atoms with E-state index in [2.05, 4.69) is 4.98 Å². The van der Waals surface area contributed by atoms with Crippen molar-refractivity contribution in [2.24, 2.45) is 0 Å². The van der Waals surface area contributed by atoms with Gasteiger partial charge in [0.15, 0.2) is 0 Å². The second kappa shape index (κ2) is 7.25. The highest BCUT2D eigenvalue weighted by Gasteiger charge is 2.01. The van der Waals surface area contributed by atoms with Crippen molar-refractivity contribution in [3.05, 3.63) is 23.2 Å². The van der Waals surface area contributed by atoms with Crippen LogP contribution in [0.25, 0.3) is 10.2 Å². The third kappa shape index (κ3) is 3.98. The molecule has 0 unspecified atom stereocenters. The number of benzene rings is 1. The van der Waals surface area contributed by atoms with Crippen LogP contribution in [0.1, 0.15) is 18.9 Å². The SMILES string of the molecule is CC.COCCOc1ccc2sc(C)nc2c1. The summed E-state index contributed by atoms with van der Waals surface area (Å²) in [5, 5.41) is 1.08. The Bertz CT molecular complexity index is 454. The predicted molar refractivity (Wildman–Crippen MR) is 73.1 cm³/mol. The molecule has 0 aliphatic heterocycles. The van der Waals surface area contributed by atoms with Gasteiger partial charge in [-0.2, -0.15) is 0 Å². The molecule has 0 spiro atoms. The van der Waals surface area contributed by atoms with E-state index >= 15 is 0 Å². The Morgan fingerprint density at radius 3 is 2.71 bits per heavy atom. The molecule has 1 aromatic heterocycles. The van der Waals surface area contributed by atoms with Crippen molar-refractivity contribution < 1.29 is 9.47 Å². The molecule has 0 aliphatic rings. The second-order valence-electron chi connectivity index (χ2n) is 3.20. The van der Waals surface area contributed by atoms with Gasteiger partial charge in [-0.3, -0.25) is 0 Å². The van der Waals surface area contributed by atoms with Gasteiger partial charge in [-0.1, -0.05) is 13.8 Å². The van der Waals surface area contributed by atoms with Crippen LogP contribution in [0.5, 0.6) is 5.75 Å². The number of hydrogen-bond donors (Lipinski definition) is 0. The lowest BCUT2D eigenvalue weighted by molar-refractivity contribution is 0.146. The largest absolute Gasteiger partial charge is 0.491 e. The van der Waals surface area contributed by atoms with Crippen molar-refractivity contribution in [1.29, 1.82) is 0 Å². The highest BCUT2D eigenvalue weighted by Crippen LogP contribution is 2.25. The minimum atomic E-state index is 0.575. The van der Waals surface area contributed by atoms with Gasteiger partial charge < -0.3 is 9.47 Å². The molecule has 2 rings (SSSR count). The third-order valence-electron chi connectivity index (χ3n) is 2.02. The summed E-state index contributed by atoms with van der Waals surface area (Å²) in [6.45, 7) is 7.19. The van der Waals surface area contributed by atoms with E-state index < -0.39 is 0 Å². The number of hydrogen-bond acceptors (Lipinski definition) is 4. The molecule has 0 fully saturated rings. The highest BCUT2D eigenvalue weighted by atomic mass is 32.1. The van der Waals surface area contributed by atoms with Crippen molar-refractivity contribution in [2.45, 2.75) is 20.8 Å². The van der Waals surface area contributed by atoms with Crippen LogP contribution < -0.4 is 4.74 Å². The van der Waals surface area contributed by atoms with Crippen molar-refractivity contribution in [2.75, 3.05) is 20.3 Å². The molecule has 3 nitrogen and oxygen atoms in total. The van der Waals surface area contributed by atoms with Crippen molar-refractivity contribution in [3.8, 4) is 5.75 Å². The number of fused-ring (bicyclic) bond motifs is 1. The van der Waals surface area contributed by atoms with Gasteiger partial charge in [0.1, 0.15) is 12.4 Å². The molecule has 0 saturated heterocycles. The van der Waals surface area contributed by atoms with E-state index in [1.165, 1.54) is 4.70 Å². The van der Waals surface area contributed by atoms with Gasteiger partial charge in [-0.15, -0.1) is 11.3 Å². The normalized spacial score (nSPS) is 9.88. The molecule has 2 aromatic rings. The minimum Gasteiger partial charge on any atom is -0.491 e. The molecule has 0 amide bonds. The highest BCUT2D eigenvalue weighted by molar-refractivity contribution is 7.18. The number of thiazole rings is 1. The fourth-order valence-corrected chi connectivity index (χ4v) is 2.16. The first-order chi connectivity index (χ1) is 8.29. The summed E-state index contributed by atoms with van der Waals surface area (Å²) in [6.07, 6.45) is 0. The summed E-state index contributed by atoms with van der Waals surface area (Å²) in [4.78, 5) is 4.41. The zero-order chi connectivity index (χ0) is 12.7. The number of methoxy groups -OCH3 is 1. The standard InChI is InChI=1S/C11H13NO2S.C2H6/c1-8-12-10-7-9(14-6-5-13-2)3-4-11(10)15-8;1-2/h3-4,7H,5-6H2,1-2H3;1-2H3. The maximum absolute atomic E-state index is 5.50. The molecule has 0 saturated carbocycles. The van der Waals surface area contributed by atoms with Gasteiger partial charge >= 0.3 is 0 Å². The van der Waals surface area contributed by atoms with Crippen molar-refractivity contribution in [1.82, 2.24) is 4.98 Å². The lowest BCUT2D eigenvalue weighted by atomic mass is 10.3. The average molecular weight is 253 g/mol. The molecule has 0 atom stereocenters. The Morgan fingerprint density at radius 1 is 1.24 bits per heavy atom. The molecule has 0 N–H and O–H groups in total. The van der Waals surface area contributed by atoms with E-state index in [0.29, 0.717) is 13.2 Å². The molecule has 1 heterocycles. The van der Waals surface area contributed by atoms with Crippen molar-refractivity contribution >= 4 is 21.6 Å². The van der Waals surface area contributed by atoms with Gasteiger partial charge in [-0.25, -0.2) is 4.98 Å². The van der Waals surface area contributed by atoms with Crippen LogP contribution in [0.3, 0.4) is 0 Å². The predicted octanol–water partition coefficient (Wildman–Crippen LogP) is 3.66. The number of aryl methyl sites for hydroxylation is 1. The number of nitrogens with zero attached hydrogens (tertiary/aromatic N) is 1. The van der Waals surface area contributed by atoms with E-state index in [1.54, 1.807) is 18.4 Å². The molecular formula is C13H19NO2S. The van der Waals surface area contributed by atoms with E-state index in [9.17, 15) is 0 Å². The van der Waals surface area contributed by atoms with E-state index in [4.69, 9.17) is 9.47 Å². The summed E-state index contributed by atoms with van der Waals surface area (Å²) >= 11 is 1.70. The van der Waals surface area contributed by atoms with Crippen LogP contribution in [0, 0.1) is 6.92 Å². The zero-order valence-electron chi connectivity index (χ0n) is 10.8. The Balaban J connectivity index is 0.000000686. The Morgan fingerprint density at radius 2 is 2.00 bits per heavy atom. The topological polar surface area (TPSA) is 31.4 Å². The number of ether oxygens (including phenoxy) is 2. The molecule has 4 heteroatoms. The quantitative estimate of drug-likeness (QED) is 0.779. The zero-order valence-corrected chi connectivity index (χ0v) is 11.6. The van der Waals surface area contributed by atoms with Crippen LogP contribution in [0.4, 0.5) is 0 Å². The summed E-state index contributed by atoms with van der Waals surface area (Å²) in [6, 6.07) is 5.98. The molecule has 0 bridgehead atoms. The first-order valence-electron chi connectivity index (χ1n) is 5.78. The van der Waals surface area contributed by atoms with Crippen LogP contribution in [0.2, 0.25) is 0 Å². The van der Waals surface area contributed by atoms with Gasteiger partial charge in [0.25, 0.3) is 0 Å². The molecule has 17 heavy (non-hydrogen) atoms. The minimum absolute atomic E-state index is 0.575. The summed E-state index contributed by atoms with van der Waals surface area (Å²) in [5.74, 6) is 0.852. The first-order valence-corrected chi connectivity index (χ1v) is 6.60. The Hall–Kier alpha value is -1.13. The monoisotopic (exact) mass is 253 g/mol. The molecule has 94 valence electrons.